The Hall–Kier alpha value is -2.60. The van der Waals surface area contributed by atoms with Crippen LogP contribution >= 0.6 is 0 Å². The summed E-state index contributed by atoms with van der Waals surface area (Å²) in [5.74, 6) is 0. The molecule has 0 saturated heterocycles. The van der Waals surface area contributed by atoms with Crippen molar-refractivity contribution in [3.05, 3.63) is 71.3 Å². The average Bonchev–Trinajstić information content (AvgIpc) is 2.97. The van der Waals surface area contributed by atoms with Gasteiger partial charge in [-0.05, 0) is 23.3 Å². The fourth-order valence-electron chi connectivity index (χ4n) is 2.32. The van der Waals surface area contributed by atoms with Crippen molar-refractivity contribution in [3.63, 3.8) is 0 Å². The molecule has 98 valence electrons. The second-order valence-corrected chi connectivity index (χ2v) is 4.85. The largest absolute Gasteiger partial charge is 0.391 e. The first-order valence-corrected chi connectivity index (χ1v) is 6.62. The predicted octanol–water partition coefficient (Wildman–Crippen LogP) is 3.29. The van der Waals surface area contributed by atoms with E-state index in [9.17, 15) is 0 Å². The van der Waals surface area contributed by atoms with Crippen molar-refractivity contribution < 1.29 is 4.84 Å². The minimum absolute atomic E-state index is 0.100. The molecule has 0 N–H and O–H groups in total. The van der Waals surface area contributed by atoms with E-state index in [1.54, 1.807) is 0 Å². The normalized spacial score (nSPS) is 17.1. The van der Waals surface area contributed by atoms with E-state index in [2.05, 4.69) is 23.4 Å². The third kappa shape index (κ3) is 2.70. The lowest BCUT2D eigenvalue weighted by molar-refractivity contribution is 0.0859. The van der Waals surface area contributed by atoms with Gasteiger partial charge in [0.15, 0.2) is 0 Å². The Labute approximate surface area is 118 Å². The highest BCUT2D eigenvalue weighted by Crippen LogP contribution is 2.20. The van der Waals surface area contributed by atoms with Gasteiger partial charge in [-0.15, -0.1) is 0 Å². The van der Waals surface area contributed by atoms with E-state index in [1.807, 2.05) is 42.5 Å². The van der Waals surface area contributed by atoms with Gasteiger partial charge in [-0.2, -0.15) is 5.26 Å². The molecule has 0 radical (unpaired) electrons. The molecule has 0 aromatic heterocycles. The Bertz CT molecular complexity index is 654. The van der Waals surface area contributed by atoms with E-state index < -0.39 is 0 Å². The number of hydrogen-bond acceptors (Lipinski definition) is 3. The molecule has 0 bridgehead atoms. The number of oxime groups is 1. The van der Waals surface area contributed by atoms with E-state index in [-0.39, 0.29) is 6.10 Å². The quantitative estimate of drug-likeness (QED) is 0.852. The molecule has 3 nitrogen and oxygen atoms in total. The molecule has 1 heterocycles. The zero-order valence-corrected chi connectivity index (χ0v) is 11.0. The number of nitriles is 1. The van der Waals surface area contributed by atoms with E-state index >= 15 is 0 Å². The van der Waals surface area contributed by atoms with Crippen molar-refractivity contribution in [3.8, 4) is 6.07 Å². The lowest BCUT2D eigenvalue weighted by Crippen LogP contribution is -2.11. The monoisotopic (exact) mass is 262 g/mol. The molecule has 0 spiro atoms. The van der Waals surface area contributed by atoms with Crippen LogP contribution in [-0.4, -0.2) is 11.8 Å². The molecule has 0 saturated carbocycles. The van der Waals surface area contributed by atoms with Crippen LogP contribution in [0.3, 0.4) is 0 Å². The Morgan fingerprint density at radius 2 is 1.85 bits per heavy atom. The van der Waals surface area contributed by atoms with Gasteiger partial charge in [-0.25, -0.2) is 0 Å². The van der Waals surface area contributed by atoms with E-state index in [4.69, 9.17) is 10.1 Å². The minimum atomic E-state index is 0.100. The first-order chi connectivity index (χ1) is 9.85. The lowest BCUT2D eigenvalue weighted by atomic mass is 10.00. The molecule has 0 fully saturated rings. The van der Waals surface area contributed by atoms with Crippen LogP contribution in [0, 0.1) is 11.3 Å². The van der Waals surface area contributed by atoms with Crippen LogP contribution in [0.2, 0.25) is 0 Å². The van der Waals surface area contributed by atoms with Crippen LogP contribution in [-0.2, 0) is 11.3 Å². The number of nitrogens with zero attached hydrogens (tertiary/aromatic N) is 2. The molecule has 0 amide bonds. The fraction of sp³-hybridized carbons (Fsp3) is 0.176. The average molecular weight is 262 g/mol. The summed E-state index contributed by atoms with van der Waals surface area (Å²) < 4.78 is 0. The number of rotatable bonds is 3. The summed E-state index contributed by atoms with van der Waals surface area (Å²) in [4.78, 5) is 5.50. The predicted molar refractivity (Wildman–Crippen MR) is 77.3 cm³/mol. The maximum absolute atomic E-state index is 8.80. The third-order valence-electron chi connectivity index (χ3n) is 3.39. The summed E-state index contributed by atoms with van der Waals surface area (Å²) in [5, 5.41) is 13.0. The summed E-state index contributed by atoms with van der Waals surface area (Å²) in [5.41, 5.74) is 3.90. The number of benzene rings is 2. The first kappa shape index (κ1) is 12.4. The Morgan fingerprint density at radius 3 is 2.55 bits per heavy atom. The SMILES string of the molecule is N#Cc1ccc(C2=NO[C@@H](Cc3ccccc3)C2)cc1. The van der Waals surface area contributed by atoms with Crippen molar-refractivity contribution in [2.45, 2.75) is 18.9 Å². The van der Waals surface area contributed by atoms with Crippen LogP contribution in [0.1, 0.15) is 23.1 Å². The molecule has 2 aromatic rings. The van der Waals surface area contributed by atoms with Gasteiger partial charge < -0.3 is 4.84 Å². The minimum Gasteiger partial charge on any atom is -0.391 e. The Morgan fingerprint density at radius 1 is 1.10 bits per heavy atom. The molecule has 2 aromatic carbocycles. The van der Waals surface area contributed by atoms with Gasteiger partial charge in [-0.3, -0.25) is 0 Å². The van der Waals surface area contributed by atoms with Crippen molar-refractivity contribution in [2.75, 3.05) is 0 Å². The highest BCUT2D eigenvalue weighted by atomic mass is 16.6. The third-order valence-corrected chi connectivity index (χ3v) is 3.39. The van der Waals surface area contributed by atoms with Gasteiger partial charge in [0, 0.05) is 12.8 Å². The van der Waals surface area contributed by atoms with Gasteiger partial charge >= 0.3 is 0 Å². The maximum atomic E-state index is 8.80. The first-order valence-electron chi connectivity index (χ1n) is 6.62. The van der Waals surface area contributed by atoms with Crippen LogP contribution < -0.4 is 0 Å². The standard InChI is InChI=1S/C17H14N2O/c18-12-14-6-8-15(9-7-14)17-11-16(20-19-17)10-13-4-2-1-3-5-13/h1-9,16H,10-11H2/t16-/m0/s1. The highest BCUT2D eigenvalue weighted by Gasteiger charge is 2.22. The molecule has 1 atom stereocenters. The highest BCUT2D eigenvalue weighted by molar-refractivity contribution is 6.01. The Balaban J connectivity index is 1.65. The molecule has 0 unspecified atom stereocenters. The molecular weight excluding hydrogens is 248 g/mol. The van der Waals surface area contributed by atoms with E-state index in [0.29, 0.717) is 5.56 Å². The van der Waals surface area contributed by atoms with E-state index in [0.717, 1.165) is 24.1 Å². The van der Waals surface area contributed by atoms with Crippen molar-refractivity contribution in [1.29, 1.82) is 5.26 Å². The summed E-state index contributed by atoms with van der Waals surface area (Å²) in [6, 6.07) is 19.9. The maximum Gasteiger partial charge on any atom is 0.137 e. The van der Waals surface area contributed by atoms with Gasteiger partial charge in [0.05, 0.1) is 17.3 Å². The number of hydrogen-bond donors (Lipinski definition) is 0. The second-order valence-electron chi connectivity index (χ2n) is 4.85. The molecule has 1 aliphatic rings. The van der Waals surface area contributed by atoms with Gasteiger partial charge in [-0.1, -0.05) is 47.6 Å². The van der Waals surface area contributed by atoms with Crippen LogP contribution in [0.4, 0.5) is 0 Å². The zero-order valence-electron chi connectivity index (χ0n) is 11.0. The summed E-state index contributed by atoms with van der Waals surface area (Å²) >= 11 is 0. The fourth-order valence-corrected chi connectivity index (χ4v) is 2.32. The van der Waals surface area contributed by atoms with Crippen LogP contribution in [0.5, 0.6) is 0 Å². The van der Waals surface area contributed by atoms with Gasteiger partial charge in [0.25, 0.3) is 0 Å². The van der Waals surface area contributed by atoms with Crippen molar-refractivity contribution in [2.24, 2.45) is 5.16 Å². The van der Waals surface area contributed by atoms with Gasteiger partial charge in [0.1, 0.15) is 6.10 Å². The molecule has 3 heteroatoms. The zero-order chi connectivity index (χ0) is 13.8. The lowest BCUT2D eigenvalue weighted by Gasteiger charge is -2.07. The molecule has 3 rings (SSSR count). The summed E-state index contributed by atoms with van der Waals surface area (Å²) in [7, 11) is 0. The summed E-state index contributed by atoms with van der Waals surface area (Å²) in [6.07, 6.45) is 1.77. The smallest absolute Gasteiger partial charge is 0.137 e. The second kappa shape index (κ2) is 5.58. The van der Waals surface area contributed by atoms with Gasteiger partial charge in [0.2, 0.25) is 0 Å². The summed E-state index contributed by atoms with van der Waals surface area (Å²) in [6.45, 7) is 0. The van der Waals surface area contributed by atoms with Crippen molar-refractivity contribution in [1.82, 2.24) is 0 Å². The van der Waals surface area contributed by atoms with E-state index in [1.165, 1.54) is 5.56 Å². The molecule has 0 aliphatic carbocycles. The topological polar surface area (TPSA) is 45.4 Å². The Kier molecular flexibility index (Phi) is 3.47. The van der Waals surface area contributed by atoms with Crippen LogP contribution in [0.25, 0.3) is 0 Å². The van der Waals surface area contributed by atoms with Crippen LogP contribution in [0.15, 0.2) is 59.8 Å². The molecule has 1 aliphatic heterocycles. The molecule has 20 heavy (non-hydrogen) atoms. The molecular formula is C17H14N2O. The van der Waals surface area contributed by atoms with Crippen molar-refractivity contribution >= 4 is 5.71 Å².